The number of hydrogen-bond donors (Lipinski definition) is 1. The molecule has 0 atom stereocenters. The monoisotopic (exact) mass is 241 g/mol. The van der Waals surface area contributed by atoms with Crippen molar-refractivity contribution in [3.05, 3.63) is 34.1 Å². The highest BCUT2D eigenvalue weighted by atomic mass is 19.1. The first-order chi connectivity index (χ1) is 7.91. The van der Waals surface area contributed by atoms with Gasteiger partial charge in [0.1, 0.15) is 0 Å². The normalized spacial score (nSPS) is 9.82. The molecule has 0 aromatic heterocycles. The van der Waals surface area contributed by atoms with Crippen molar-refractivity contribution in [1.82, 2.24) is 4.90 Å². The van der Waals surface area contributed by atoms with Crippen LogP contribution in [0.5, 0.6) is 0 Å². The largest absolute Gasteiger partial charge is 0.376 e. The number of carbonyl (C=O) groups excluding carboxylic acids is 1. The lowest BCUT2D eigenvalue weighted by Crippen LogP contribution is -2.28. The molecule has 0 aliphatic carbocycles. The molecule has 0 saturated carbocycles. The Bertz CT molecular complexity index is 448. The third-order valence-corrected chi connectivity index (χ3v) is 2.09. The van der Waals surface area contributed by atoms with Crippen molar-refractivity contribution in [2.24, 2.45) is 0 Å². The highest BCUT2D eigenvalue weighted by molar-refractivity contribution is 5.80. The van der Waals surface area contributed by atoms with E-state index >= 15 is 0 Å². The molecule has 1 aromatic rings. The molecule has 0 saturated heterocycles. The maximum Gasteiger partial charge on any atom is 0.306 e. The zero-order valence-electron chi connectivity index (χ0n) is 9.44. The SMILES string of the molecule is CN(C)C(=O)CNc1ccc(F)c([N+](=O)[O-])c1. The summed E-state index contributed by atoms with van der Waals surface area (Å²) >= 11 is 0. The van der Waals surface area contributed by atoms with Gasteiger partial charge in [0, 0.05) is 25.8 Å². The number of anilines is 1. The number of nitro benzene ring substituents is 1. The quantitative estimate of drug-likeness (QED) is 0.635. The Morgan fingerprint density at radius 1 is 1.53 bits per heavy atom. The van der Waals surface area contributed by atoms with Crippen molar-refractivity contribution >= 4 is 17.3 Å². The molecule has 92 valence electrons. The molecule has 0 radical (unpaired) electrons. The third-order valence-electron chi connectivity index (χ3n) is 2.09. The van der Waals surface area contributed by atoms with E-state index in [4.69, 9.17) is 0 Å². The van der Waals surface area contributed by atoms with Gasteiger partial charge in [-0.25, -0.2) is 0 Å². The number of likely N-dealkylation sites (N-methyl/N-ethyl adjacent to an activating group) is 1. The summed E-state index contributed by atoms with van der Waals surface area (Å²) in [7, 11) is 3.19. The fourth-order valence-corrected chi connectivity index (χ4v) is 1.10. The lowest BCUT2D eigenvalue weighted by molar-refractivity contribution is -0.387. The van der Waals surface area contributed by atoms with E-state index in [9.17, 15) is 19.3 Å². The number of hydrogen-bond acceptors (Lipinski definition) is 4. The number of amides is 1. The molecular formula is C10H12FN3O3. The van der Waals surface area contributed by atoms with E-state index < -0.39 is 16.4 Å². The van der Waals surface area contributed by atoms with Gasteiger partial charge in [0.15, 0.2) is 0 Å². The van der Waals surface area contributed by atoms with Crippen molar-refractivity contribution in [2.45, 2.75) is 0 Å². The smallest absolute Gasteiger partial charge is 0.306 e. The highest BCUT2D eigenvalue weighted by Gasteiger charge is 2.14. The molecule has 0 aliphatic rings. The van der Waals surface area contributed by atoms with Crippen LogP contribution in [0.1, 0.15) is 0 Å². The van der Waals surface area contributed by atoms with E-state index in [2.05, 4.69) is 5.32 Å². The van der Waals surface area contributed by atoms with Crippen LogP contribution in [0.15, 0.2) is 18.2 Å². The maximum atomic E-state index is 13.0. The Morgan fingerprint density at radius 3 is 2.71 bits per heavy atom. The van der Waals surface area contributed by atoms with Gasteiger partial charge in [-0.2, -0.15) is 4.39 Å². The maximum absolute atomic E-state index is 13.0. The minimum absolute atomic E-state index is 0.00418. The summed E-state index contributed by atoms with van der Waals surface area (Å²) in [6.45, 7) is -0.00418. The van der Waals surface area contributed by atoms with Crippen LogP contribution in [0.4, 0.5) is 15.8 Å². The summed E-state index contributed by atoms with van der Waals surface area (Å²) in [6.07, 6.45) is 0. The summed E-state index contributed by atoms with van der Waals surface area (Å²) in [5.41, 5.74) is -0.291. The molecule has 0 unspecified atom stereocenters. The Hall–Kier alpha value is -2.18. The first-order valence-corrected chi connectivity index (χ1v) is 4.80. The molecule has 6 nitrogen and oxygen atoms in total. The Kier molecular flexibility index (Phi) is 3.97. The van der Waals surface area contributed by atoms with Crippen LogP contribution >= 0.6 is 0 Å². The number of nitrogens with zero attached hydrogens (tertiary/aromatic N) is 2. The van der Waals surface area contributed by atoms with Crippen LogP contribution in [0.3, 0.4) is 0 Å². The van der Waals surface area contributed by atoms with Gasteiger partial charge in [-0.15, -0.1) is 0 Å². The molecule has 1 aromatic carbocycles. The average Bonchev–Trinajstić information content (AvgIpc) is 2.26. The van der Waals surface area contributed by atoms with Crippen molar-refractivity contribution in [3.8, 4) is 0 Å². The predicted octanol–water partition coefficient (Wildman–Crippen LogP) is 1.23. The predicted molar refractivity (Wildman–Crippen MR) is 60.2 cm³/mol. The Balaban J connectivity index is 2.76. The molecule has 0 fully saturated rings. The Labute approximate surface area is 97.2 Å². The molecule has 0 spiro atoms. The minimum Gasteiger partial charge on any atom is -0.376 e. The molecular weight excluding hydrogens is 229 g/mol. The number of carbonyl (C=O) groups is 1. The fourth-order valence-electron chi connectivity index (χ4n) is 1.10. The van der Waals surface area contributed by atoms with Gasteiger partial charge in [0.25, 0.3) is 0 Å². The van der Waals surface area contributed by atoms with Crippen LogP contribution in [0.2, 0.25) is 0 Å². The van der Waals surface area contributed by atoms with Crippen LogP contribution in [0, 0.1) is 15.9 Å². The zero-order valence-corrected chi connectivity index (χ0v) is 9.44. The second kappa shape index (κ2) is 5.24. The summed E-state index contributed by atoms with van der Waals surface area (Å²) in [5, 5.41) is 13.2. The second-order valence-electron chi connectivity index (χ2n) is 3.57. The van der Waals surface area contributed by atoms with Crippen molar-refractivity contribution in [2.75, 3.05) is 26.0 Å². The standard InChI is InChI=1S/C10H12FN3O3/c1-13(2)10(15)6-12-7-3-4-8(11)9(5-7)14(16)17/h3-5,12H,6H2,1-2H3. The van der Waals surface area contributed by atoms with E-state index in [1.165, 1.54) is 11.0 Å². The van der Waals surface area contributed by atoms with E-state index in [1.807, 2.05) is 0 Å². The zero-order chi connectivity index (χ0) is 13.0. The third kappa shape index (κ3) is 3.40. The van der Waals surface area contributed by atoms with Crippen LogP contribution in [0.25, 0.3) is 0 Å². The molecule has 1 amide bonds. The van der Waals surface area contributed by atoms with Crippen molar-refractivity contribution < 1.29 is 14.1 Å². The van der Waals surface area contributed by atoms with Crippen molar-refractivity contribution in [1.29, 1.82) is 0 Å². The minimum atomic E-state index is -0.903. The van der Waals surface area contributed by atoms with Gasteiger partial charge < -0.3 is 10.2 Å². The molecule has 7 heteroatoms. The van der Waals surface area contributed by atoms with Gasteiger partial charge >= 0.3 is 5.69 Å². The highest BCUT2D eigenvalue weighted by Crippen LogP contribution is 2.21. The molecule has 0 aliphatic heterocycles. The molecule has 17 heavy (non-hydrogen) atoms. The molecule has 1 rings (SSSR count). The topological polar surface area (TPSA) is 75.5 Å². The van der Waals surface area contributed by atoms with Gasteiger partial charge in [-0.3, -0.25) is 14.9 Å². The number of halogens is 1. The molecule has 1 N–H and O–H groups in total. The van der Waals surface area contributed by atoms with Gasteiger partial charge in [0.2, 0.25) is 11.7 Å². The van der Waals surface area contributed by atoms with E-state index in [1.54, 1.807) is 14.1 Å². The van der Waals surface area contributed by atoms with Gasteiger partial charge in [-0.1, -0.05) is 0 Å². The first kappa shape index (κ1) is 12.9. The molecule has 0 bridgehead atoms. The van der Waals surface area contributed by atoms with Crippen LogP contribution < -0.4 is 5.32 Å². The lowest BCUT2D eigenvalue weighted by atomic mass is 10.2. The molecule has 0 heterocycles. The second-order valence-corrected chi connectivity index (χ2v) is 3.57. The summed E-state index contributed by atoms with van der Waals surface area (Å²) in [5.74, 6) is -1.09. The average molecular weight is 241 g/mol. The van der Waals surface area contributed by atoms with E-state index in [-0.39, 0.29) is 12.5 Å². The number of benzene rings is 1. The van der Waals surface area contributed by atoms with Crippen LogP contribution in [-0.2, 0) is 4.79 Å². The number of nitro groups is 1. The van der Waals surface area contributed by atoms with E-state index in [0.717, 1.165) is 12.1 Å². The Morgan fingerprint density at radius 2 is 2.18 bits per heavy atom. The number of nitrogens with one attached hydrogen (secondary N) is 1. The summed E-state index contributed by atoms with van der Waals surface area (Å²) in [4.78, 5) is 22.3. The lowest BCUT2D eigenvalue weighted by Gasteiger charge is -2.11. The first-order valence-electron chi connectivity index (χ1n) is 4.80. The number of rotatable bonds is 4. The van der Waals surface area contributed by atoms with Gasteiger partial charge in [-0.05, 0) is 12.1 Å². The van der Waals surface area contributed by atoms with E-state index in [0.29, 0.717) is 5.69 Å². The fraction of sp³-hybridized carbons (Fsp3) is 0.300. The summed E-state index contributed by atoms with van der Waals surface area (Å²) in [6, 6.07) is 3.38. The van der Waals surface area contributed by atoms with Gasteiger partial charge in [0.05, 0.1) is 11.5 Å². The summed E-state index contributed by atoms with van der Waals surface area (Å²) < 4.78 is 13.0. The van der Waals surface area contributed by atoms with Crippen molar-refractivity contribution in [3.63, 3.8) is 0 Å². The van der Waals surface area contributed by atoms with Crippen LogP contribution in [-0.4, -0.2) is 36.4 Å².